The lowest BCUT2D eigenvalue weighted by Crippen LogP contribution is -2.27. The van der Waals surface area contributed by atoms with E-state index in [-0.39, 0.29) is 23.1 Å². The fourth-order valence-electron chi connectivity index (χ4n) is 5.12. The van der Waals surface area contributed by atoms with Crippen molar-refractivity contribution in [1.29, 1.82) is 0 Å². The lowest BCUT2D eigenvalue weighted by atomic mass is 9.70. The molecule has 0 spiro atoms. The molecule has 3 rings (SSSR count). The van der Waals surface area contributed by atoms with Crippen molar-refractivity contribution in [1.82, 2.24) is 0 Å². The van der Waals surface area contributed by atoms with E-state index < -0.39 is 6.10 Å². The van der Waals surface area contributed by atoms with Gasteiger partial charge in [-0.3, -0.25) is 9.59 Å². The number of hydrogen-bond acceptors (Lipinski definition) is 6. The minimum atomic E-state index is -0.572. The van der Waals surface area contributed by atoms with Crippen LogP contribution in [0.2, 0.25) is 0 Å². The molecule has 6 heteroatoms. The molecule has 0 amide bonds. The zero-order valence-electron chi connectivity index (χ0n) is 19.9. The molecule has 1 unspecified atom stereocenters. The van der Waals surface area contributed by atoms with E-state index >= 15 is 0 Å². The highest BCUT2D eigenvalue weighted by Crippen LogP contribution is 2.55. The van der Waals surface area contributed by atoms with Gasteiger partial charge in [-0.25, -0.2) is 0 Å². The molecule has 1 aromatic rings. The number of Topliss-reactive ketones (excluding diaryl/α,β-unsaturated/α-hetero) is 1. The Morgan fingerprint density at radius 3 is 2.16 bits per heavy atom. The number of ether oxygens (including phenoxy) is 4. The van der Waals surface area contributed by atoms with E-state index in [0.717, 1.165) is 34.3 Å². The van der Waals surface area contributed by atoms with Crippen LogP contribution in [0.4, 0.5) is 0 Å². The van der Waals surface area contributed by atoms with Crippen LogP contribution in [0.1, 0.15) is 82.6 Å². The predicted molar refractivity (Wildman–Crippen MR) is 118 cm³/mol. The van der Waals surface area contributed by atoms with Crippen LogP contribution in [-0.4, -0.2) is 33.1 Å². The van der Waals surface area contributed by atoms with Crippen LogP contribution < -0.4 is 14.2 Å². The quantitative estimate of drug-likeness (QED) is 0.607. The average Bonchev–Trinajstić information content (AvgIpc) is 2.87. The lowest BCUT2D eigenvalue weighted by Gasteiger charge is -2.35. The Balaban J connectivity index is 2.42. The minimum Gasteiger partial charge on any atom is -0.496 e. The molecule has 170 valence electrons. The van der Waals surface area contributed by atoms with Crippen molar-refractivity contribution >= 4 is 11.8 Å². The van der Waals surface area contributed by atoms with Gasteiger partial charge in [0.15, 0.2) is 17.3 Å². The van der Waals surface area contributed by atoms with Gasteiger partial charge < -0.3 is 18.9 Å². The smallest absolute Gasteiger partial charge is 0.303 e. The van der Waals surface area contributed by atoms with Crippen molar-refractivity contribution in [3.05, 3.63) is 27.8 Å². The van der Waals surface area contributed by atoms with Gasteiger partial charge in [0.05, 0.1) is 21.3 Å². The van der Waals surface area contributed by atoms with Gasteiger partial charge in [-0.05, 0) is 23.3 Å². The summed E-state index contributed by atoms with van der Waals surface area (Å²) in [6.45, 7) is 9.83. The van der Waals surface area contributed by atoms with Gasteiger partial charge in [0.2, 0.25) is 0 Å². The maximum absolute atomic E-state index is 13.0. The number of ketones is 1. The van der Waals surface area contributed by atoms with Crippen molar-refractivity contribution < 1.29 is 28.5 Å². The van der Waals surface area contributed by atoms with Crippen LogP contribution in [0.25, 0.3) is 0 Å². The highest BCUT2D eigenvalue weighted by Gasteiger charge is 2.42. The Labute approximate surface area is 184 Å². The highest BCUT2D eigenvalue weighted by atomic mass is 16.5. The molecule has 0 radical (unpaired) electrons. The van der Waals surface area contributed by atoms with Gasteiger partial charge in [0.25, 0.3) is 0 Å². The molecule has 2 aliphatic carbocycles. The molecule has 0 aromatic heterocycles. The van der Waals surface area contributed by atoms with Gasteiger partial charge >= 0.3 is 5.97 Å². The molecule has 0 N–H and O–H groups in total. The number of fused-ring (bicyclic) bond motifs is 1. The molecule has 0 heterocycles. The largest absolute Gasteiger partial charge is 0.496 e. The van der Waals surface area contributed by atoms with Crippen LogP contribution in [0.5, 0.6) is 17.2 Å². The summed E-state index contributed by atoms with van der Waals surface area (Å²) in [5.41, 5.74) is 4.13. The molecule has 31 heavy (non-hydrogen) atoms. The lowest BCUT2D eigenvalue weighted by molar-refractivity contribution is -0.146. The van der Waals surface area contributed by atoms with E-state index in [4.69, 9.17) is 18.9 Å². The first-order valence-electron chi connectivity index (χ1n) is 10.8. The van der Waals surface area contributed by atoms with Crippen LogP contribution in [-0.2, 0) is 20.7 Å². The predicted octanol–water partition coefficient (Wildman–Crippen LogP) is 5.07. The third-order valence-electron chi connectivity index (χ3n) is 6.60. The number of carbonyl (C=O) groups excluding carboxylic acids is 2. The summed E-state index contributed by atoms with van der Waals surface area (Å²) in [7, 11) is 4.82. The number of rotatable bonds is 5. The topological polar surface area (TPSA) is 71.1 Å². The third kappa shape index (κ3) is 3.92. The first kappa shape index (κ1) is 23.2. The number of benzene rings is 1. The van der Waals surface area contributed by atoms with Crippen molar-refractivity contribution in [3.8, 4) is 17.2 Å². The number of esters is 1. The van der Waals surface area contributed by atoms with Crippen LogP contribution in [0.15, 0.2) is 11.1 Å². The number of hydrogen-bond donors (Lipinski definition) is 0. The molecule has 0 saturated carbocycles. The number of methoxy groups -OCH3 is 3. The fraction of sp³-hybridized carbons (Fsp3) is 0.600. The molecule has 6 nitrogen and oxygen atoms in total. The molecule has 0 fully saturated rings. The Morgan fingerprint density at radius 2 is 1.65 bits per heavy atom. The van der Waals surface area contributed by atoms with Gasteiger partial charge in [-0.2, -0.15) is 0 Å². The van der Waals surface area contributed by atoms with Crippen molar-refractivity contribution in [2.45, 2.75) is 72.3 Å². The number of carbonyl (C=O) groups is 2. The normalized spacial score (nSPS) is 20.0. The van der Waals surface area contributed by atoms with Crippen LogP contribution in [0.3, 0.4) is 0 Å². The zero-order chi connectivity index (χ0) is 23.1. The second kappa shape index (κ2) is 8.56. The van der Waals surface area contributed by atoms with Gasteiger partial charge in [0, 0.05) is 42.9 Å². The van der Waals surface area contributed by atoms with Crippen LogP contribution >= 0.6 is 0 Å². The van der Waals surface area contributed by atoms with Gasteiger partial charge in [-0.1, -0.05) is 33.3 Å². The maximum atomic E-state index is 13.0. The molecule has 2 aliphatic rings. The molecular formula is C25H34O6. The summed E-state index contributed by atoms with van der Waals surface area (Å²) >= 11 is 0. The Bertz CT molecular complexity index is 938. The summed E-state index contributed by atoms with van der Waals surface area (Å²) in [5.74, 6) is 1.66. The maximum Gasteiger partial charge on any atom is 0.303 e. The van der Waals surface area contributed by atoms with E-state index in [1.807, 2.05) is 0 Å². The average molecular weight is 431 g/mol. The van der Waals surface area contributed by atoms with Crippen molar-refractivity contribution in [3.63, 3.8) is 0 Å². The van der Waals surface area contributed by atoms with Crippen LogP contribution in [0, 0.1) is 5.41 Å². The monoisotopic (exact) mass is 430 g/mol. The number of allylic oxidation sites excluding steroid dienone is 1. The van der Waals surface area contributed by atoms with E-state index in [9.17, 15) is 9.59 Å². The Hall–Kier alpha value is -2.50. The van der Waals surface area contributed by atoms with Crippen molar-refractivity contribution in [2.75, 3.05) is 21.3 Å². The zero-order valence-corrected chi connectivity index (χ0v) is 19.9. The van der Waals surface area contributed by atoms with Gasteiger partial charge in [-0.15, -0.1) is 0 Å². The minimum absolute atomic E-state index is 0.0750. The van der Waals surface area contributed by atoms with E-state index in [1.165, 1.54) is 6.92 Å². The van der Waals surface area contributed by atoms with E-state index in [1.54, 1.807) is 21.3 Å². The fourth-order valence-corrected chi connectivity index (χ4v) is 5.12. The van der Waals surface area contributed by atoms with Crippen molar-refractivity contribution in [2.24, 2.45) is 5.41 Å². The molecule has 1 atom stereocenters. The molecule has 0 bridgehead atoms. The summed E-state index contributed by atoms with van der Waals surface area (Å²) in [5, 5.41) is 0. The summed E-state index contributed by atoms with van der Waals surface area (Å²) < 4.78 is 23.4. The summed E-state index contributed by atoms with van der Waals surface area (Å²) in [6.07, 6.45) is 1.59. The van der Waals surface area contributed by atoms with E-state index in [2.05, 4.69) is 27.7 Å². The molecule has 0 saturated heterocycles. The molecular weight excluding hydrogens is 396 g/mol. The Morgan fingerprint density at radius 1 is 1.03 bits per heavy atom. The second-order valence-electron chi connectivity index (χ2n) is 9.30. The second-order valence-corrected chi connectivity index (χ2v) is 9.30. The Kier molecular flexibility index (Phi) is 6.40. The highest BCUT2D eigenvalue weighted by molar-refractivity contribution is 5.98. The van der Waals surface area contributed by atoms with E-state index in [0.29, 0.717) is 36.5 Å². The van der Waals surface area contributed by atoms with Gasteiger partial charge in [0.1, 0.15) is 11.9 Å². The summed E-state index contributed by atoms with van der Waals surface area (Å²) in [4.78, 5) is 25.1. The summed E-state index contributed by atoms with van der Waals surface area (Å²) in [6, 6.07) is 0. The molecule has 0 aliphatic heterocycles. The third-order valence-corrected chi connectivity index (χ3v) is 6.60. The first-order valence-corrected chi connectivity index (χ1v) is 10.8. The standard InChI is InChI=1S/C25H34O6/c1-13(2)20-23(29-7)21-16(22(28-6)24(20)30-8)11-15-17(12-19(21)31-14(3)26)25(4,5)10-9-18(15)27/h13,19H,9-12H2,1-8H3. The SMILES string of the molecule is COc1c2c(c(OC)c(C(C)C)c1OC)C(OC(C)=O)CC1=C(C2)C(=O)CCC1(C)C. The first-order chi connectivity index (χ1) is 14.6. The molecule has 1 aromatic carbocycles.